The van der Waals surface area contributed by atoms with Gasteiger partial charge in [-0.25, -0.2) is 0 Å². The number of benzene rings is 1. The van der Waals surface area contributed by atoms with E-state index in [0.717, 1.165) is 10.4 Å². The summed E-state index contributed by atoms with van der Waals surface area (Å²) in [6, 6.07) is 5.43. The molecule has 0 bridgehead atoms. The van der Waals surface area contributed by atoms with Gasteiger partial charge in [-0.3, -0.25) is 0 Å². The third-order valence-corrected chi connectivity index (χ3v) is 4.89. The first-order chi connectivity index (χ1) is 9.47. The summed E-state index contributed by atoms with van der Waals surface area (Å²) in [5.74, 6) is 1.24. The van der Waals surface area contributed by atoms with E-state index in [-0.39, 0.29) is 6.04 Å². The van der Waals surface area contributed by atoms with Crippen molar-refractivity contribution in [3.63, 3.8) is 0 Å². The summed E-state index contributed by atoms with van der Waals surface area (Å²) in [5, 5.41) is 0.582. The Balaban J connectivity index is 2.46. The Morgan fingerprint density at radius 1 is 1.10 bits per heavy atom. The molecule has 2 N–H and O–H groups in total. The molecule has 0 amide bonds. The van der Waals surface area contributed by atoms with Crippen molar-refractivity contribution in [3.05, 3.63) is 44.1 Å². The molecule has 3 nitrogen and oxygen atoms in total. The van der Waals surface area contributed by atoms with Gasteiger partial charge in [0.1, 0.15) is 0 Å². The van der Waals surface area contributed by atoms with Gasteiger partial charge < -0.3 is 15.2 Å². The number of methoxy groups -OCH3 is 2. The Morgan fingerprint density at radius 2 is 1.70 bits per heavy atom. The third-order valence-electron chi connectivity index (χ3n) is 3.33. The smallest absolute Gasteiger partial charge is 0.162 e. The molecule has 1 aromatic carbocycles. The highest BCUT2D eigenvalue weighted by Gasteiger charge is 2.18. The number of hydrogen-bond acceptors (Lipinski definition) is 4. The number of thiophene rings is 1. The quantitative estimate of drug-likeness (QED) is 0.925. The molecular formula is C15H18ClNO2S. The van der Waals surface area contributed by atoms with Crippen LogP contribution in [0.4, 0.5) is 0 Å². The first kappa shape index (κ1) is 15.2. The van der Waals surface area contributed by atoms with E-state index in [1.165, 1.54) is 10.4 Å². The van der Waals surface area contributed by atoms with Gasteiger partial charge in [0.15, 0.2) is 11.5 Å². The van der Waals surface area contributed by atoms with Crippen LogP contribution in [0.15, 0.2) is 18.2 Å². The number of halogens is 1. The lowest BCUT2D eigenvalue weighted by Crippen LogP contribution is -2.11. The van der Waals surface area contributed by atoms with Gasteiger partial charge >= 0.3 is 0 Å². The van der Waals surface area contributed by atoms with E-state index in [0.29, 0.717) is 16.5 Å². The fourth-order valence-corrected chi connectivity index (χ4v) is 3.35. The van der Waals surface area contributed by atoms with E-state index in [4.69, 9.17) is 26.8 Å². The SMILES string of the molecule is COc1cc(Cl)c(C(N)c2cc(C)c(C)s2)cc1OC. The van der Waals surface area contributed by atoms with Crippen molar-refractivity contribution in [1.29, 1.82) is 0 Å². The zero-order valence-corrected chi connectivity index (χ0v) is 13.6. The van der Waals surface area contributed by atoms with Crippen molar-refractivity contribution >= 4 is 22.9 Å². The van der Waals surface area contributed by atoms with E-state index in [9.17, 15) is 0 Å². The fraction of sp³-hybridized carbons (Fsp3) is 0.333. The number of hydrogen-bond donors (Lipinski definition) is 1. The van der Waals surface area contributed by atoms with Gasteiger partial charge in [0.25, 0.3) is 0 Å². The van der Waals surface area contributed by atoms with E-state index in [1.807, 2.05) is 6.07 Å². The van der Waals surface area contributed by atoms with E-state index >= 15 is 0 Å². The molecule has 2 aromatic rings. The van der Waals surface area contributed by atoms with Gasteiger partial charge in [-0.2, -0.15) is 0 Å². The molecule has 0 fully saturated rings. The second kappa shape index (κ2) is 6.04. The van der Waals surface area contributed by atoms with Crippen molar-refractivity contribution in [1.82, 2.24) is 0 Å². The van der Waals surface area contributed by atoms with Crippen molar-refractivity contribution in [2.75, 3.05) is 14.2 Å². The first-order valence-corrected chi connectivity index (χ1v) is 7.41. The normalized spacial score (nSPS) is 12.3. The number of ether oxygens (including phenoxy) is 2. The lowest BCUT2D eigenvalue weighted by molar-refractivity contribution is 0.354. The zero-order valence-electron chi connectivity index (χ0n) is 12.0. The molecule has 0 aliphatic rings. The maximum absolute atomic E-state index is 6.34. The zero-order chi connectivity index (χ0) is 14.9. The molecule has 0 radical (unpaired) electrons. The lowest BCUT2D eigenvalue weighted by Gasteiger charge is -2.16. The van der Waals surface area contributed by atoms with Gasteiger partial charge in [-0.15, -0.1) is 11.3 Å². The highest BCUT2D eigenvalue weighted by atomic mass is 35.5. The Morgan fingerprint density at radius 3 is 2.20 bits per heavy atom. The van der Waals surface area contributed by atoms with Crippen LogP contribution in [0.1, 0.15) is 26.9 Å². The molecule has 1 heterocycles. The Kier molecular flexibility index (Phi) is 4.58. The average molecular weight is 312 g/mol. The number of nitrogens with two attached hydrogens (primary N) is 1. The van der Waals surface area contributed by atoms with Gasteiger partial charge in [0, 0.05) is 20.8 Å². The van der Waals surface area contributed by atoms with Crippen LogP contribution in [0.3, 0.4) is 0 Å². The summed E-state index contributed by atoms with van der Waals surface area (Å²) in [7, 11) is 3.18. The van der Waals surface area contributed by atoms with Gasteiger partial charge in [-0.05, 0) is 37.1 Å². The van der Waals surface area contributed by atoms with E-state index < -0.39 is 0 Å². The molecule has 0 saturated carbocycles. The Bertz CT molecular complexity index is 605. The predicted molar refractivity (Wildman–Crippen MR) is 84.4 cm³/mol. The number of aryl methyl sites for hydroxylation is 2. The first-order valence-electron chi connectivity index (χ1n) is 6.21. The molecule has 2 rings (SSSR count). The minimum Gasteiger partial charge on any atom is -0.493 e. The van der Waals surface area contributed by atoms with Crippen LogP contribution in [-0.2, 0) is 0 Å². The maximum atomic E-state index is 6.34. The standard InChI is InChI=1S/C15H18ClNO2S/c1-8-5-14(20-9(8)2)15(17)10-6-12(18-3)13(19-4)7-11(10)16/h5-7,15H,17H2,1-4H3. The van der Waals surface area contributed by atoms with Gasteiger partial charge in [0.05, 0.1) is 20.3 Å². The third kappa shape index (κ3) is 2.77. The van der Waals surface area contributed by atoms with Crippen LogP contribution in [0.2, 0.25) is 5.02 Å². The summed E-state index contributed by atoms with van der Waals surface area (Å²) < 4.78 is 10.5. The second-order valence-electron chi connectivity index (χ2n) is 4.59. The average Bonchev–Trinajstić information content (AvgIpc) is 2.77. The van der Waals surface area contributed by atoms with E-state index in [2.05, 4.69) is 19.9 Å². The van der Waals surface area contributed by atoms with Gasteiger partial charge in [-0.1, -0.05) is 11.6 Å². The summed E-state index contributed by atoms with van der Waals surface area (Å²) in [6.07, 6.45) is 0. The highest BCUT2D eigenvalue weighted by Crippen LogP contribution is 2.38. The minimum atomic E-state index is -0.264. The van der Waals surface area contributed by atoms with Crippen molar-refractivity contribution in [3.8, 4) is 11.5 Å². The van der Waals surface area contributed by atoms with Crippen LogP contribution < -0.4 is 15.2 Å². The van der Waals surface area contributed by atoms with Crippen LogP contribution in [0.5, 0.6) is 11.5 Å². The van der Waals surface area contributed by atoms with Crippen LogP contribution >= 0.6 is 22.9 Å². The molecule has 0 aliphatic heterocycles. The minimum absolute atomic E-state index is 0.264. The molecular weight excluding hydrogens is 294 g/mol. The molecule has 108 valence electrons. The molecule has 0 aliphatic carbocycles. The summed E-state index contributed by atoms with van der Waals surface area (Å²) >= 11 is 8.01. The molecule has 1 unspecified atom stereocenters. The molecule has 0 saturated heterocycles. The fourth-order valence-electron chi connectivity index (χ4n) is 2.02. The number of rotatable bonds is 4. The monoisotopic (exact) mass is 311 g/mol. The molecule has 5 heteroatoms. The summed E-state index contributed by atoms with van der Waals surface area (Å²) in [6.45, 7) is 4.17. The van der Waals surface area contributed by atoms with Crippen molar-refractivity contribution in [2.24, 2.45) is 5.73 Å². The second-order valence-corrected chi connectivity index (χ2v) is 6.29. The van der Waals surface area contributed by atoms with Crippen LogP contribution in [0, 0.1) is 13.8 Å². The van der Waals surface area contributed by atoms with Gasteiger partial charge in [0.2, 0.25) is 0 Å². The molecule has 1 atom stereocenters. The Labute approximate surface area is 128 Å². The summed E-state index contributed by atoms with van der Waals surface area (Å²) in [5.41, 5.74) is 8.43. The topological polar surface area (TPSA) is 44.5 Å². The lowest BCUT2D eigenvalue weighted by atomic mass is 10.0. The van der Waals surface area contributed by atoms with Crippen molar-refractivity contribution < 1.29 is 9.47 Å². The predicted octanol–water partition coefficient (Wildman–Crippen LogP) is 4.08. The summed E-state index contributed by atoms with van der Waals surface area (Å²) in [4.78, 5) is 2.36. The molecule has 1 aromatic heterocycles. The Hall–Kier alpha value is -1.23. The maximum Gasteiger partial charge on any atom is 0.162 e. The van der Waals surface area contributed by atoms with Crippen LogP contribution in [0.25, 0.3) is 0 Å². The highest BCUT2D eigenvalue weighted by molar-refractivity contribution is 7.12. The van der Waals surface area contributed by atoms with E-state index in [1.54, 1.807) is 31.6 Å². The van der Waals surface area contributed by atoms with Crippen LogP contribution in [-0.4, -0.2) is 14.2 Å². The largest absolute Gasteiger partial charge is 0.493 e. The molecule has 20 heavy (non-hydrogen) atoms. The molecule has 0 spiro atoms. The van der Waals surface area contributed by atoms with Crippen molar-refractivity contribution in [2.45, 2.75) is 19.9 Å².